The fourth-order valence-corrected chi connectivity index (χ4v) is 4.32. The van der Waals surface area contributed by atoms with Crippen molar-refractivity contribution in [1.82, 2.24) is 9.29 Å². The molecule has 2 heterocycles. The number of alkyl halides is 3. The molecule has 0 saturated carbocycles. The van der Waals surface area contributed by atoms with Gasteiger partial charge in [-0.05, 0) is 31.4 Å². The molecule has 1 aliphatic rings. The number of rotatable bonds is 5. The smallest absolute Gasteiger partial charge is 0.382 e. The van der Waals surface area contributed by atoms with Crippen molar-refractivity contribution < 1.29 is 21.6 Å². The van der Waals surface area contributed by atoms with Crippen molar-refractivity contribution in [2.24, 2.45) is 0 Å². The summed E-state index contributed by atoms with van der Waals surface area (Å²) < 4.78 is 61.7. The van der Waals surface area contributed by atoms with E-state index in [0.717, 1.165) is 35.1 Å². The molecule has 3 rings (SSSR count). The lowest BCUT2D eigenvalue weighted by Gasteiger charge is -2.32. The maximum Gasteiger partial charge on any atom is 0.511 e. The normalized spacial score (nSPS) is 17.3. The molecule has 0 radical (unpaired) electrons. The van der Waals surface area contributed by atoms with E-state index < -0.39 is 15.5 Å². The first kappa shape index (κ1) is 19.9. The van der Waals surface area contributed by atoms with E-state index in [1.165, 1.54) is 0 Å². The number of aromatic nitrogens is 1. The molecule has 1 aromatic heterocycles. The van der Waals surface area contributed by atoms with Gasteiger partial charge < -0.3 is 5.32 Å². The van der Waals surface area contributed by atoms with E-state index in [9.17, 15) is 21.6 Å². The Morgan fingerprint density at radius 3 is 2.52 bits per heavy atom. The van der Waals surface area contributed by atoms with Crippen molar-refractivity contribution >= 4 is 26.6 Å². The molecule has 2 aromatic rings. The van der Waals surface area contributed by atoms with Gasteiger partial charge in [-0.15, -0.1) is 0 Å². The van der Waals surface area contributed by atoms with E-state index >= 15 is 0 Å². The van der Waals surface area contributed by atoms with Gasteiger partial charge in [-0.3, -0.25) is 4.98 Å². The topological polar surface area (TPSA) is 62.3 Å². The minimum Gasteiger partial charge on any atom is -0.382 e. The van der Waals surface area contributed by atoms with Crippen LogP contribution >= 0.6 is 0 Å². The molecule has 0 amide bonds. The van der Waals surface area contributed by atoms with Gasteiger partial charge in [0.05, 0.1) is 5.52 Å². The lowest BCUT2D eigenvalue weighted by atomic mass is 10.0. The quantitative estimate of drug-likeness (QED) is 0.825. The van der Waals surface area contributed by atoms with Gasteiger partial charge >= 0.3 is 15.5 Å². The molecule has 1 aliphatic heterocycles. The highest BCUT2D eigenvalue weighted by atomic mass is 32.2. The Morgan fingerprint density at radius 1 is 1.22 bits per heavy atom. The Kier molecular flexibility index (Phi) is 5.62. The third kappa shape index (κ3) is 4.19. The van der Waals surface area contributed by atoms with Crippen LogP contribution < -0.4 is 5.32 Å². The second-order valence-electron chi connectivity index (χ2n) is 6.70. The number of nitrogens with zero attached hydrogens (tertiary/aromatic N) is 2. The van der Waals surface area contributed by atoms with Crippen LogP contribution in [0.4, 0.5) is 18.9 Å². The van der Waals surface area contributed by atoms with E-state index in [1.54, 1.807) is 0 Å². The number of aryl methyl sites for hydroxylation is 1. The van der Waals surface area contributed by atoms with E-state index in [4.69, 9.17) is 0 Å². The van der Waals surface area contributed by atoms with Crippen LogP contribution in [0.3, 0.4) is 0 Å². The van der Waals surface area contributed by atoms with Crippen LogP contribution in [0.15, 0.2) is 30.3 Å². The van der Waals surface area contributed by atoms with Crippen LogP contribution in [0, 0.1) is 0 Å². The molecule has 1 N–H and O–H groups in total. The molecule has 0 aliphatic carbocycles. The molecular formula is C18H22F3N3O2S. The Hall–Kier alpha value is -1.87. The van der Waals surface area contributed by atoms with Crippen LogP contribution in [0.1, 0.15) is 31.9 Å². The Labute approximate surface area is 156 Å². The summed E-state index contributed by atoms with van der Waals surface area (Å²) in [6, 6.07) is 9.58. The first-order valence-electron chi connectivity index (χ1n) is 8.94. The molecule has 27 heavy (non-hydrogen) atoms. The molecule has 0 spiro atoms. The van der Waals surface area contributed by atoms with Gasteiger partial charge in [0, 0.05) is 35.9 Å². The molecule has 5 nitrogen and oxygen atoms in total. The lowest BCUT2D eigenvalue weighted by Crippen LogP contribution is -2.47. The summed E-state index contributed by atoms with van der Waals surface area (Å²) in [5, 5.41) is 4.34. The Balaban J connectivity index is 1.76. The fraction of sp³-hybridized carbons (Fsp3) is 0.500. The van der Waals surface area contributed by atoms with Gasteiger partial charge in [0.15, 0.2) is 0 Å². The van der Waals surface area contributed by atoms with Gasteiger partial charge in [0.25, 0.3) is 0 Å². The number of piperidine rings is 1. The zero-order chi connectivity index (χ0) is 19.7. The molecule has 0 atom stereocenters. The van der Waals surface area contributed by atoms with Gasteiger partial charge in [0.1, 0.15) is 0 Å². The van der Waals surface area contributed by atoms with Crippen molar-refractivity contribution in [3.05, 3.63) is 36.0 Å². The maximum absolute atomic E-state index is 12.7. The fourth-order valence-electron chi connectivity index (χ4n) is 3.34. The molecule has 1 aromatic carbocycles. The van der Waals surface area contributed by atoms with E-state index in [0.29, 0.717) is 17.1 Å². The summed E-state index contributed by atoms with van der Waals surface area (Å²) in [6.07, 6.45) is 2.42. The predicted octanol–water partition coefficient (Wildman–Crippen LogP) is 3.91. The highest BCUT2D eigenvalue weighted by molar-refractivity contribution is 7.90. The minimum atomic E-state index is -5.25. The molecule has 1 saturated heterocycles. The Bertz CT molecular complexity index is 908. The number of nitrogens with one attached hydrogen (secondary N) is 1. The molecule has 148 valence electrons. The van der Waals surface area contributed by atoms with E-state index in [1.807, 2.05) is 30.3 Å². The van der Waals surface area contributed by atoms with Gasteiger partial charge in [-0.2, -0.15) is 17.5 Å². The summed E-state index contributed by atoms with van der Waals surface area (Å²) in [5.74, 6) is 0. The van der Waals surface area contributed by atoms with Crippen molar-refractivity contribution in [2.75, 3.05) is 18.4 Å². The number of fused-ring (bicyclic) bond motifs is 1. The van der Waals surface area contributed by atoms with Crippen molar-refractivity contribution in [3.8, 4) is 0 Å². The number of halogens is 3. The first-order valence-corrected chi connectivity index (χ1v) is 10.4. The van der Waals surface area contributed by atoms with E-state index in [2.05, 4.69) is 17.2 Å². The van der Waals surface area contributed by atoms with Gasteiger partial charge in [-0.1, -0.05) is 31.5 Å². The second-order valence-corrected chi connectivity index (χ2v) is 8.63. The number of anilines is 1. The predicted molar refractivity (Wildman–Crippen MR) is 98.9 cm³/mol. The summed E-state index contributed by atoms with van der Waals surface area (Å²) in [6.45, 7) is 1.77. The van der Waals surface area contributed by atoms with Crippen LogP contribution in [-0.4, -0.2) is 42.3 Å². The Morgan fingerprint density at radius 2 is 1.89 bits per heavy atom. The highest BCUT2D eigenvalue weighted by Crippen LogP contribution is 2.31. The van der Waals surface area contributed by atoms with E-state index in [-0.39, 0.29) is 19.1 Å². The van der Waals surface area contributed by atoms with Crippen LogP contribution in [0.2, 0.25) is 0 Å². The van der Waals surface area contributed by atoms with Crippen molar-refractivity contribution in [3.63, 3.8) is 0 Å². The number of benzene rings is 1. The summed E-state index contributed by atoms with van der Waals surface area (Å²) in [5.41, 5.74) is -2.54. The summed E-state index contributed by atoms with van der Waals surface area (Å²) in [7, 11) is -5.25. The molecular weight excluding hydrogens is 379 g/mol. The standard InChI is InChI=1S/C18H22F3N3O2S/c1-2-5-14-12-17(15-6-3-4-7-16(15)23-14)22-13-8-10-24(11-9-13)27(25,26)18(19,20)21/h3-4,6-7,12-13H,2,5,8-11H2,1H3,(H,22,23). The molecule has 0 bridgehead atoms. The number of hydrogen-bond donors (Lipinski definition) is 1. The first-order chi connectivity index (χ1) is 12.7. The largest absolute Gasteiger partial charge is 0.511 e. The van der Waals surface area contributed by atoms with Crippen molar-refractivity contribution in [1.29, 1.82) is 0 Å². The monoisotopic (exact) mass is 401 g/mol. The molecule has 0 unspecified atom stereocenters. The summed E-state index contributed by atoms with van der Waals surface area (Å²) >= 11 is 0. The zero-order valence-electron chi connectivity index (χ0n) is 15.0. The number of para-hydroxylation sites is 1. The number of hydrogen-bond acceptors (Lipinski definition) is 4. The minimum absolute atomic E-state index is 0.0926. The average molecular weight is 401 g/mol. The number of pyridine rings is 1. The van der Waals surface area contributed by atoms with Crippen LogP contribution in [0.25, 0.3) is 10.9 Å². The van der Waals surface area contributed by atoms with Crippen LogP contribution in [-0.2, 0) is 16.4 Å². The molecule has 9 heteroatoms. The second kappa shape index (κ2) is 7.63. The SMILES string of the molecule is CCCc1cc(NC2CCN(S(=O)(=O)C(F)(F)F)CC2)c2ccccc2n1. The number of sulfonamides is 1. The van der Waals surface area contributed by atoms with Crippen molar-refractivity contribution in [2.45, 2.75) is 44.2 Å². The molecule has 1 fully saturated rings. The third-order valence-electron chi connectivity index (χ3n) is 4.72. The highest BCUT2D eigenvalue weighted by Gasteiger charge is 2.50. The summed E-state index contributed by atoms with van der Waals surface area (Å²) in [4.78, 5) is 4.64. The van der Waals surface area contributed by atoms with Gasteiger partial charge in [-0.25, -0.2) is 8.42 Å². The lowest BCUT2D eigenvalue weighted by molar-refractivity contribution is -0.0494. The third-order valence-corrected chi connectivity index (χ3v) is 6.35. The maximum atomic E-state index is 12.7. The zero-order valence-corrected chi connectivity index (χ0v) is 15.8. The van der Waals surface area contributed by atoms with Crippen LogP contribution in [0.5, 0.6) is 0 Å². The van der Waals surface area contributed by atoms with Gasteiger partial charge in [0.2, 0.25) is 0 Å². The average Bonchev–Trinajstić information content (AvgIpc) is 2.61.